The van der Waals surface area contributed by atoms with Gasteiger partial charge in [-0.3, -0.25) is 0 Å². The third-order valence-corrected chi connectivity index (χ3v) is 3.61. The van der Waals surface area contributed by atoms with Gasteiger partial charge in [0.05, 0.1) is 10.4 Å². The van der Waals surface area contributed by atoms with E-state index >= 15 is 0 Å². The first-order valence-corrected chi connectivity index (χ1v) is 6.92. The summed E-state index contributed by atoms with van der Waals surface area (Å²) in [5.41, 5.74) is 0.775. The largest absolute Gasteiger partial charge is 0.241 e. The fourth-order valence-corrected chi connectivity index (χ4v) is 2.29. The number of hydrogen-bond acceptors (Lipinski definition) is 3. The average Bonchev–Trinajstić information content (AvgIpc) is 2.15. The normalized spacial score (nSPS) is 11.9. The zero-order valence-corrected chi connectivity index (χ0v) is 10.3. The van der Waals surface area contributed by atoms with E-state index in [0.29, 0.717) is 4.90 Å². The number of fused-ring (bicyclic) bond motifs is 1. The van der Waals surface area contributed by atoms with Crippen LogP contribution < -0.4 is 0 Å². The molecule has 0 bridgehead atoms. The molecule has 1 aromatic carbocycles. The van der Waals surface area contributed by atoms with Crippen molar-refractivity contribution in [2.45, 2.75) is 4.90 Å². The summed E-state index contributed by atoms with van der Waals surface area (Å²) in [4.78, 5) is 4.54. The first-order chi connectivity index (χ1) is 6.97. The Morgan fingerprint density at radius 2 is 1.93 bits per heavy atom. The molecule has 0 atom stereocenters. The lowest BCUT2D eigenvalue weighted by atomic mass is 10.2. The molecule has 2 aromatic rings. The zero-order valence-electron chi connectivity index (χ0n) is 7.94. The van der Waals surface area contributed by atoms with Crippen LogP contribution in [-0.4, -0.2) is 19.7 Å². The van der Waals surface area contributed by atoms with Crippen LogP contribution in [0.3, 0.4) is 0 Å². The molecule has 78 valence electrons. The van der Waals surface area contributed by atoms with Crippen LogP contribution in [0.1, 0.15) is 0 Å². The zero-order chi connectivity index (χ0) is 11.1. The molecule has 1 aromatic heterocycles. The standard InChI is InChI=1S/C10H8BrNO2S/c1-15(13,14)8-3-4-9-7(6-8)2-5-10(11)12-9/h2-6H,1H3. The Morgan fingerprint density at radius 1 is 1.20 bits per heavy atom. The fourth-order valence-electron chi connectivity index (χ4n) is 1.31. The van der Waals surface area contributed by atoms with Gasteiger partial charge in [-0.05, 0) is 40.2 Å². The molecule has 0 amide bonds. The number of benzene rings is 1. The van der Waals surface area contributed by atoms with Gasteiger partial charge in [0, 0.05) is 11.6 Å². The van der Waals surface area contributed by atoms with Crippen molar-refractivity contribution in [1.82, 2.24) is 4.98 Å². The van der Waals surface area contributed by atoms with Crippen LogP contribution in [0, 0.1) is 0 Å². The lowest BCUT2D eigenvalue weighted by Crippen LogP contribution is -1.96. The summed E-state index contributed by atoms with van der Waals surface area (Å²) < 4.78 is 23.4. The van der Waals surface area contributed by atoms with E-state index in [4.69, 9.17) is 0 Å². The van der Waals surface area contributed by atoms with Crippen molar-refractivity contribution in [3.63, 3.8) is 0 Å². The quantitative estimate of drug-likeness (QED) is 0.756. The molecule has 0 unspecified atom stereocenters. The average molecular weight is 286 g/mol. The van der Waals surface area contributed by atoms with E-state index in [1.807, 2.05) is 6.07 Å². The smallest absolute Gasteiger partial charge is 0.175 e. The lowest BCUT2D eigenvalue weighted by molar-refractivity contribution is 0.602. The highest BCUT2D eigenvalue weighted by atomic mass is 79.9. The number of pyridine rings is 1. The van der Waals surface area contributed by atoms with Crippen molar-refractivity contribution >= 4 is 36.7 Å². The lowest BCUT2D eigenvalue weighted by Gasteiger charge is -2.01. The van der Waals surface area contributed by atoms with E-state index in [1.54, 1.807) is 24.3 Å². The Bertz CT molecular complexity index is 622. The maximum atomic E-state index is 11.3. The topological polar surface area (TPSA) is 47.0 Å². The number of halogens is 1. The molecule has 0 radical (unpaired) electrons. The second kappa shape index (κ2) is 3.57. The van der Waals surface area contributed by atoms with Gasteiger partial charge in [-0.2, -0.15) is 0 Å². The van der Waals surface area contributed by atoms with E-state index in [9.17, 15) is 8.42 Å². The van der Waals surface area contributed by atoms with E-state index in [1.165, 1.54) is 6.26 Å². The Balaban J connectivity index is 2.73. The van der Waals surface area contributed by atoms with Crippen molar-refractivity contribution in [3.05, 3.63) is 34.9 Å². The van der Waals surface area contributed by atoms with Crippen molar-refractivity contribution in [2.75, 3.05) is 6.26 Å². The first-order valence-electron chi connectivity index (χ1n) is 4.23. The molecule has 0 saturated heterocycles. The molecule has 15 heavy (non-hydrogen) atoms. The minimum Gasteiger partial charge on any atom is -0.241 e. The molecule has 0 N–H and O–H groups in total. The van der Waals surface area contributed by atoms with Gasteiger partial charge in [0.15, 0.2) is 9.84 Å². The van der Waals surface area contributed by atoms with Gasteiger partial charge in [0.25, 0.3) is 0 Å². The second-order valence-electron chi connectivity index (χ2n) is 3.26. The molecule has 0 aliphatic rings. The molecule has 0 fully saturated rings. The van der Waals surface area contributed by atoms with Crippen LogP contribution in [0.25, 0.3) is 10.9 Å². The third kappa shape index (κ3) is 2.18. The molecule has 3 nitrogen and oxygen atoms in total. The summed E-state index contributed by atoms with van der Waals surface area (Å²) in [5, 5.41) is 0.820. The Hall–Kier alpha value is -0.940. The molecular formula is C10H8BrNO2S. The Morgan fingerprint density at radius 3 is 2.60 bits per heavy atom. The maximum absolute atomic E-state index is 11.3. The molecule has 0 saturated carbocycles. The Kier molecular flexibility index (Phi) is 2.52. The van der Waals surface area contributed by atoms with Crippen molar-refractivity contribution in [2.24, 2.45) is 0 Å². The minimum absolute atomic E-state index is 0.319. The van der Waals surface area contributed by atoms with Crippen LogP contribution in [0.2, 0.25) is 0 Å². The number of sulfone groups is 1. The predicted octanol–water partition coefficient (Wildman–Crippen LogP) is 2.40. The van der Waals surface area contributed by atoms with Gasteiger partial charge in [-0.15, -0.1) is 0 Å². The highest BCUT2D eigenvalue weighted by Crippen LogP contribution is 2.19. The van der Waals surface area contributed by atoms with Crippen molar-refractivity contribution < 1.29 is 8.42 Å². The summed E-state index contributed by atoms with van der Waals surface area (Å²) in [6, 6.07) is 8.52. The van der Waals surface area contributed by atoms with Crippen molar-refractivity contribution in [3.8, 4) is 0 Å². The van der Waals surface area contributed by atoms with Crippen LogP contribution >= 0.6 is 15.9 Å². The summed E-state index contributed by atoms with van der Waals surface area (Å²) >= 11 is 3.26. The van der Waals surface area contributed by atoms with Gasteiger partial charge in [-0.1, -0.05) is 6.07 Å². The number of hydrogen-bond donors (Lipinski definition) is 0. The van der Waals surface area contributed by atoms with Gasteiger partial charge >= 0.3 is 0 Å². The van der Waals surface area contributed by atoms with Gasteiger partial charge < -0.3 is 0 Å². The number of nitrogens with zero attached hydrogens (tertiary/aromatic N) is 1. The van der Waals surface area contributed by atoms with Crippen LogP contribution in [0.5, 0.6) is 0 Å². The summed E-state index contributed by atoms with van der Waals surface area (Å²) in [7, 11) is -3.14. The summed E-state index contributed by atoms with van der Waals surface area (Å²) in [6.45, 7) is 0. The molecule has 5 heteroatoms. The maximum Gasteiger partial charge on any atom is 0.175 e. The number of rotatable bonds is 1. The highest BCUT2D eigenvalue weighted by Gasteiger charge is 2.07. The van der Waals surface area contributed by atoms with Gasteiger partial charge in [0.1, 0.15) is 4.60 Å². The predicted molar refractivity (Wildman–Crippen MR) is 62.6 cm³/mol. The molecule has 1 heterocycles. The van der Waals surface area contributed by atoms with Gasteiger partial charge in [-0.25, -0.2) is 13.4 Å². The van der Waals surface area contributed by atoms with E-state index in [-0.39, 0.29) is 0 Å². The van der Waals surface area contributed by atoms with E-state index in [0.717, 1.165) is 15.5 Å². The number of aromatic nitrogens is 1. The second-order valence-corrected chi connectivity index (χ2v) is 6.09. The SMILES string of the molecule is CS(=O)(=O)c1ccc2nc(Br)ccc2c1. The van der Waals surface area contributed by atoms with E-state index < -0.39 is 9.84 Å². The van der Waals surface area contributed by atoms with Crippen molar-refractivity contribution in [1.29, 1.82) is 0 Å². The van der Waals surface area contributed by atoms with Gasteiger partial charge in [0.2, 0.25) is 0 Å². The Labute approximate surface area is 96.2 Å². The summed E-state index contributed by atoms with van der Waals surface area (Å²) in [6.07, 6.45) is 1.19. The van der Waals surface area contributed by atoms with Crippen LogP contribution in [0.4, 0.5) is 0 Å². The highest BCUT2D eigenvalue weighted by molar-refractivity contribution is 9.10. The van der Waals surface area contributed by atoms with E-state index in [2.05, 4.69) is 20.9 Å². The molecule has 0 aliphatic carbocycles. The molecule has 0 spiro atoms. The third-order valence-electron chi connectivity index (χ3n) is 2.05. The summed E-state index contributed by atoms with van der Waals surface area (Å²) in [5.74, 6) is 0. The molecule has 0 aliphatic heterocycles. The fraction of sp³-hybridized carbons (Fsp3) is 0.100. The minimum atomic E-state index is -3.14. The monoisotopic (exact) mass is 285 g/mol. The molecule has 2 rings (SSSR count). The van der Waals surface area contributed by atoms with Crippen LogP contribution in [0.15, 0.2) is 39.8 Å². The molecular weight excluding hydrogens is 278 g/mol. The first kappa shape index (κ1) is 10.6. The van der Waals surface area contributed by atoms with Crippen LogP contribution in [-0.2, 0) is 9.84 Å².